The average molecular weight is 366 g/mol. The maximum Gasteiger partial charge on any atom is -1.00 e. The van der Waals surface area contributed by atoms with Gasteiger partial charge in [0.1, 0.15) is 0 Å². The molecule has 0 radical (unpaired) electrons. The van der Waals surface area contributed by atoms with Gasteiger partial charge in [-0.15, -0.1) is 0 Å². The van der Waals surface area contributed by atoms with Gasteiger partial charge in [0.05, 0.1) is 0 Å². The Kier molecular flexibility index (Phi) is 71.0. The standard InChI is InChI=1S/2C3H5.2ClH.2Pd/c2*1-3-2;;;;/h2*3H,1-2H2;2*1H;;/q;;;;2*+1/p-2. The van der Waals surface area contributed by atoms with E-state index in [1.165, 1.54) is 0 Å². The summed E-state index contributed by atoms with van der Waals surface area (Å²) in [4.78, 5) is 1.87. The second-order valence-electron chi connectivity index (χ2n) is 0.836. The SMILES string of the molecule is C=C[CH2][Pd+].C=C[CH2][Pd+].[Cl-].[Cl-]. The topological polar surface area (TPSA) is 0 Å². The zero-order valence-corrected chi connectivity index (χ0v) is 9.99. The van der Waals surface area contributed by atoms with Gasteiger partial charge in [0.25, 0.3) is 0 Å². The molecule has 68 valence electrons. The number of halogens is 2. The van der Waals surface area contributed by atoms with E-state index in [2.05, 4.69) is 51.6 Å². The van der Waals surface area contributed by atoms with Crippen LogP contribution in [0, 0.1) is 0 Å². The van der Waals surface area contributed by atoms with E-state index in [1.807, 2.05) is 12.2 Å². The maximum atomic E-state index is 3.44. The first-order valence-electron chi connectivity index (χ1n) is 2.08. The zero-order valence-electron chi connectivity index (χ0n) is 5.37. The number of hydrogen-bond acceptors (Lipinski definition) is 0. The molecule has 0 bridgehead atoms. The number of hydrogen-bond donors (Lipinski definition) is 0. The normalized spacial score (nSPS) is 5.20. The van der Waals surface area contributed by atoms with Crippen LogP contribution >= 0.6 is 0 Å². The Balaban J connectivity index is -0.0000000300. The van der Waals surface area contributed by atoms with Crippen LogP contribution in [-0.4, -0.2) is 0 Å². The second kappa shape index (κ2) is 31.5. The van der Waals surface area contributed by atoms with E-state index in [0.29, 0.717) is 0 Å². The third-order valence-electron chi connectivity index (χ3n) is 0.183. The van der Waals surface area contributed by atoms with Crippen LogP contribution in [0.2, 0.25) is 9.79 Å². The monoisotopic (exact) mass is 364 g/mol. The third kappa shape index (κ3) is 57.6. The molecule has 0 aliphatic rings. The summed E-state index contributed by atoms with van der Waals surface area (Å²) in [6, 6.07) is 0. The van der Waals surface area contributed by atoms with Crippen molar-refractivity contribution in [3.05, 3.63) is 25.3 Å². The van der Waals surface area contributed by atoms with E-state index in [-0.39, 0.29) is 24.8 Å². The number of allylic oxidation sites excluding steroid dienone is 2. The molecule has 0 nitrogen and oxygen atoms in total. The van der Waals surface area contributed by atoms with Gasteiger partial charge >= 0.3 is 73.5 Å². The first-order valence-corrected chi connectivity index (χ1v) is 4.28. The molecule has 0 aromatic carbocycles. The first-order chi connectivity index (χ1) is 3.83. The molecule has 0 spiro atoms. The maximum absolute atomic E-state index is 3.44. The van der Waals surface area contributed by atoms with Crippen molar-refractivity contribution in [1.29, 1.82) is 0 Å². The van der Waals surface area contributed by atoms with Crippen LogP contribution in [0.1, 0.15) is 0 Å². The zero-order chi connectivity index (χ0) is 6.83. The Bertz CT molecular complexity index is 49.7. The molecular formula is C6H10Cl2Pd2. The molecule has 0 N–H and O–H groups in total. The molecule has 0 aromatic heterocycles. The van der Waals surface area contributed by atoms with E-state index in [9.17, 15) is 0 Å². The van der Waals surface area contributed by atoms with Gasteiger partial charge in [-0.3, -0.25) is 0 Å². The predicted octanol–water partition coefficient (Wildman–Crippen LogP) is -3.72. The quantitative estimate of drug-likeness (QED) is 0.349. The average Bonchev–Trinajstić information content (AvgIpc) is 1.88. The van der Waals surface area contributed by atoms with Gasteiger partial charge in [-0.25, -0.2) is 0 Å². The molecule has 4 heteroatoms. The van der Waals surface area contributed by atoms with Gasteiger partial charge in [0.15, 0.2) is 0 Å². The molecule has 0 aromatic rings. The largest absolute Gasteiger partial charge is 1.00 e. The molecule has 0 saturated heterocycles. The predicted molar refractivity (Wildman–Crippen MR) is 30.0 cm³/mol. The fourth-order valence-corrected chi connectivity index (χ4v) is 0. The summed E-state index contributed by atoms with van der Waals surface area (Å²) in [7, 11) is 0. The Morgan fingerprint density at radius 1 is 0.900 bits per heavy atom. The van der Waals surface area contributed by atoms with Gasteiger partial charge in [-0.05, 0) is 0 Å². The molecule has 10 heavy (non-hydrogen) atoms. The molecule has 0 aliphatic carbocycles. The third-order valence-corrected chi connectivity index (χ3v) is 1.08. The molecule has 0 fully saturated rings. The van der Waals surface area contributed by atoms with Crippen molar-refractivity contribution in [3.63, 3.8) is 0 Å². The Hall–Kier alpha value is 1.38. The summed E-state index contributed by atoms with van der Waals surface area (Å²) in [5.74, 6) is 0. The molecule has 0 amide bonds. The van der Waals surface area contributed by atoms with Crippen molar-refractivity contribution in [3.8, 4) is 0 Å². The van der Waals surface area contributed by atoms with Gasteiger partial charge in [0.2, 0.25) is 0 Å². The van der Waals surface area contributed by atoms with Crippen molar-refractivity contribution in [1.82, 2.24) is 0 Å². The van der Waals surface area contributed by atoms with Gasteiger partial charge in [-0.2, -0.15) is 0 Å². The fourth-order valence-electron chi connectivity index (χ4n) is 0. The summed E-state index contributed by atoms with van der Waals surface area (Å²) in [5.41, 5.74) is 0. The molecule has 0 unspecified atom stereocenters. The summed E-state index contributed by atoms with van der Waals surface area (Å²) in [5, 5.41) is 0. The molecule has 0 aliphatic heterocycles. The Morgan fingerprint density at radius 3 is 1.00 bits per heavy atom. The molecule has 0 heterocycles. The fraction of sp³-hybridized carbons (Fsp3) is 0.333. The van der Waals surface area contributed by atoms with E-state index in [4.69, 9.17) is 0 Å². The van der Waals surface area contributed by atoms with Gasteiger partial charge in [-0.1, -0.05) is 0 Å². The minimum Gasteiger partial charge on any atom is -1.00 e. The number of rotatable bonds is 2. The molecule has 0 rings (SSSR count). The first kappa shape index (κ1) is 22.5. The van der Waals surface area contributed by atoms with Crippen LogP contribution in [-0.2, 0) is 38.4 Å². The van der Waals surface area contributed by atoms with E-state index in [1.54, 1.807) is 0 Å². The second-order valence-corrected chi connectivity index (χ2v) is 2.10. The Morgan fingerprint density at radius 2 is 1.00 bits per heavy atom. The summed E-state index contributed by atoms with van der Waals surface area (Å²) in [6.45, 7) is 6.88. The van der Waals surface area contributed by atoms with Crippen LogP contribution < -0.4 is 24.8 Å². The van der Waals surface area contributed by atoms with Crippen LogP contribution in [0.3, 0.4) is 0 Å². The van der Waals surface area contributed by atoms with Crippen molar-refractivity contribution >= 4 is 0 Å². The van der Waals surface area contributed by atoms with Crippen molar-refractivity contribution in [2.75, 3.05) is 0 Å². The van der Waals surface area contributed by atoms with Crippen molar-refractivity contribution in [2.45, 2.75) is 9.79 Å². The van der Waals surface area contributed by atoms with Crippen molar-refractivity contribution in [2.24, 2.45) is 0 Å². The van der Waals surface area contributed by atoms with Crippen molar-refractivity contribution < 1.29 is 63.2 Å². The molecular weight excluding hydrogens is 356 g/mol. The van der Waals surface area contributed by atoms with Crippen LogP contribution in [0.4, 0.5) is 0 Å². The van der Waals surface area contributed by atoms with Crippen LogP contribution in [0.25, 0.3) is 0 Å². The van der Waals surface area contributed by atoms with Crippen LogP contribution in [0.15, 0.2) is 25.3 Å². The minimum absolute atomic E-state index is 0. The summed E-state index contributed by atoms with van der Waals surface area (Å²) < 4.78 is 0. The summed E-state index contributed by atoms with van der Waals surface area (Å²) in [6.07, 6.45) is 3.62. The minimum atomic E-state index is 0. The van der Waals surface area contributed by atoms with Gasteiger partial charge < -0.3 is 24.8 Å². The summed E-state index contributed by atoms with van der Waals surface area (Å²) >= 11 is 5.83. The van der Waals surface area contributed by atoms with E-state index in [0.717, 1.165) is 9.79 Å². The molecule has 0 atom stereocenters. The van der Waals surface area contributed by atoms with Gasteiger partial charge in [0, 0.05) is 0 Å². The Labute approximate surface area is 97.6 Å². The van der Waals surface area contributed by atoms with Crippen LogP contribution in [0.5, 0.6) is 0 Å². The molecule has 0 saturated carbocycles. The van der Waals surface area contributed by atoms with E-state index >= 15 is 0 Å². The smallest absolute Gasteiger partial charge is 1.00 e. The van der Waals surface area contributed by atoms with E-state index < -0.39 is 0 Å².